The molecule has 0 fully saturated rings. The van der Waals surface area contributed by atoms with Crippen LogP contribution in [0.3, 0.4) is 0 Å². The first-order valence-corrected chi connectivity index (χ1v) is 4.80. The lowest BCUT2D eigenvalue weighted by Gasteiger charge is -2.25. The van der Waals surface area contributed by atoms with Crippen molar-refractivity contribution in [3.05, 3.63) is 33.7 Å². The molecule has 1 aromatic rings. The number of nitrogens with zero attached hydrogens (tertiary/aromatic N) is 1. The van der Waals surface area contributed by atoms with Gasteiger partial charge in [-0.25, -0.2) is 0 Å². The number of pyridine rings is 1. The molecule has 0 atom stereocenters. The Morgan fingerprint density at radius 1 is 1.36 bits per heavy atom. The standard InChI is InChI=1S/C11H18N2O/c1-8-5-6-9(7-12)10(14)13(8)11(2,3)4/h5-6H,7,12H2,1-4H3. The summed E-state index contributed by atoms with van der Waals surface area (Å²) in [7, 11) is 0. The largest absolute Gasteiger partial charge is 0.326 e. The first kappa shape index (κ1) is 11.0. The number of aryl methyl sites for hydroxylation is 1. The van der Waals surface area contributed by atoms with Crippen molar-refractivity contribution < 1.29 is 0 Å². The van der Waals surface area contributed by atoms with Crippen molar-refractivity contribution in [2.75, 3.05) is 0 Å². The van der Waals surface area contributed by atoms with Crippen LogP contribution < -0.4 is 11.3 Å². The Labute approximate surface area is 84.6 Å². The van der Waals surface area contributed by atoms with E-state index in [4.69, 9.17) is 5.73 Å². The SMILES string of the molecule is Cc1ccc(CN)c(=O)n1C(C)(C)C. The van der Waals surface area contributed by atoms with Gasteiger partial charge in [-0.2, -0.15) is 0 Å². The number of hydrogen-bond acceptors (Lipinski definition) is 2. The maximum atomic E-state index is 12.0. The van der Waals surface area contributed by atoms with Gasteiger partial charge in [0.25, 0.3) is 5.56 Å². The summed E-state index contributed by atoms with van der Waals surface area (Å²) >= 11 is 0. The zero-order valence-corrected chi connectivity index (χ0v) is 9.29. The molecule has 1 aromatic heterocycles. The van der Waals surface area contributed by atoms with E-state index in [1.165, 1.54) is 0 Å². The van der Waals surface area contributed by atoms with E-state index in [-0.39, 0.29) is 11.1 Å². The fourth-order valence-corrected chi connectivity index (χ4v) is 1.66. The second-order valence-electron chi connectivity index (χ2n) is 4.52. The topological polar surface area (TPSA) is 48.0 Å². The van der Waals surface area contributed by atoms with E-state index in [1.807, 2.05) is 33.8 Å². The van der Waals surface area contributed by atoms with Crippen molar-refractivity contribution in [1.29, 1.82) is 0 Å². The summed E-state index contributed by atoms with van der Waals surface area (Å²) in [5.41, 5.74) is 6.98. The second-order valence-corrected chi connectivity index (χ2v) is 4.52. The molecule has 0 bridgehead atoms. The summed E-state index contributed by atoms with van der Waals surface area (Å²) in [6, 6.07) is 3.74. The fourth-order valence-electron chi connectivity index (χ4n) is 1.66. The highest BCUT2D eigenvalue weighted by molar-refractivity contribution is 5.16. The van der Waals surface area contributed by atoms with E-state index in [0.717, 1.165) is 5.69 Å². The Morgan fingerprint density at radius 2 is 1.93 bits per heavy atom. The average Bonchev–Trinajstić information content (AvgIpc) is 2.02. The third kappa shape index (κ3) is 1.87. The number of aromatic nitrogens is 1. The molecule has 2 N–H and O–H groups in total. The Morgan fingerprint density at radius 3 is 2.36 bits per heavy atom. The molecule has 0 aliphatic carbocycles. The normalized spacial score (nSPS) is 11.8. The van der Waals surface area contributed by atoms with Crippen molar-refractivity contribution in [3.8, 4) is 0 Å². The van der Waals surface area contributed by atoms with Crippen molar-refractivity contribution in [1.82, 2.24) is 4.57 Å². The van der Waals surface area contributed by atoms with Crippen molar-refractivity contribution in [2.45, 2.75) is 39.8 Å². The smallest absolute Gasteiger partial charge is 0.255 e. The lowest BCUT2D eigenvalue weighted by Crippen LogP contribution is -2.37. The molecule has 3 nitrogen and oxygen atoms in total. The van der Waals surface area contributed by atoms with Gasteiger partial charge in [-0.15, -0.1) is 0 Å². The van der Waals surface area contributed by atoms with E-state index in [1.54, 1.807) is 10.6 Å². The minimum absolute atomic E-state index is 0.0278. The van der Waals surface area contributed by atoms with E-state index < -0.39 is 0 Å². The average molecular weight is 194 g/mol. The van der Waals surface area contributed by atoms with Crippen LogP contribution in [0.4, 0.5) is 0 Å². The highest BCUT2D eigenvalue weighted by Crippen LogP contribution is 2.13. The third-order valence-electron chi connectivity index (χ3n) is 2.25. The van der Waals surface area contributed by atoms with Crippen molar-refractivity contribution in [3.63, 3.8) is 0 Å². The molecule has 0 amide bonds. The molecule has 3 heteroatoms. The van der Waals surface area contributed by atoms with Crippen LogP contribution in [0.15, 0.2) is 16.9 Å². The molecule has 0 saturated heterocycles. The molecule has 1 rings (SSSR count). The van der Waals surface area contributed by atoms with Crippen LogP contribution in [0.25, 0.3) is 0 Å². The van der Waals surface area contributed by atoms with E-state index >= 15 is 0 Å². The first-order valence-electron chi connectivity index (χ1n) is 4.80. The summed E-state index contributed by atoms with van der Waals surface area (Å²) in [5.74, 6) is 0. The van der Waals surface area contributed by atoms with E-state index in [2.05, 4.69) is 0 Å². The van der Waals surface area contributed by atoms with Gasteiger partial charge in [-0.3, -0.25) is 4.79 Å². The van der Waals surface area contributed by atoms with E-state index in [9.17, 15) is 4.79 Å². The molecule has 0 radical (unpaired) electrons. The maximum absolute atomic E-state index is 12.0. The Hall–Kier alpha value is -1.09. The molecule has 1 heterocycles. The quantitative estimate of drug-likeness (QED) is 0.734. The number of hydrogen-bond donors (Lipinski definition) is 1. The Kier molecular flexibility index (Phi) is 2.81. The fraction of sp³-hybridized carbons (Fsp3) is 0.545. The third-order valence-corrected chi connectivity index (χ3v) is 2.25. The van der Waals surface area contributed by atoms with Gasteiger partial charge in [0.2, 0.25) is 0 Å². The summed E-state index contributed by atoms with van der Waals surface area (Å²) < 4.78 is 1.79. The first-order chi connectivity index (χ1) is 6.38. The molecule has 0 unspecified atom stereocenters. The van der Waals surface area contributed by atoms with Gasteiger partial charge in [-0.05, 0) is 33.8 Å². The van der Waals surface area contributed by atoms with Crippen LogP contribution in [0.5, 0.6) is 0 Å². The highest BCUT2D eigenvalue weighted by Gasteiger charge is 2.17. The predicted molar refractivity (Wildman–Crippen MR) is 58.3 cm³/mol. The monoisotopic (exact) mass is 194 g/mol. The highest BCUT2D eigenvalue weighted by atomic mass is 16.1. The Bertz CT molecular complexity index is 385. The lowest BCUT2D eigenvalue weighted by molar-refractivity contribution is 0.374. The molecule has 0 aliphatic heterocycles. The minimum Gasteiger partial charge on any atom is -0.326 e. The van der Waals surface area contributed by atoms with Crippen LogP contribution in [0.1, 0.15) is 32.0 Å². The van der Waals surface area contributed by atoms with Crippen LogP contribution >= 0.6 is 0 Å². The van der Waals surface area contributed by atoms with Crippen LogP contribution in [0.2, 0.25) is 0 Å². The predicted octanol–water partition coefficient (Wildman–Crippen LogP) is 1.37. The van der Waals surface area contributed by atoms with Gasteiger partial charge >= 0.3 is 0 Å². The van der Waals surface area contributed by atoms with Crippen LogP contribution in [0, 0.1) is 6.92 Å². The summed E-state index contributed by atoms with van der Waals surface area (Å²) in [5, 5.41) is 0. The molecule has 0 aromatic carbocycles. The molecule has 14 heavy (non-hydrogen) atoms. The van der Waals surface area contributed by atoms with Crippen molar-refractivity contribution in [2.24, 2.45) is 5.73 Å². The lowest BCUT2D eigenvalue weighted by atomic mass is 10.1. The van der Waals surface area contributed by atoms with Gasteiger partial charge in [0.1, 0.15) is 0 Å². The summed E-state index contributed by atoms with van der Waals surface area (Å²) in [4.78, 5) is 12.0. The van der Waals surface area contributed by atoms with Crippen LogP contribution in [-0.2, 0) is 12.1 Å². The molecular formula is C11H18N2O. The van der Waals surface area contributed by atoms with Gasteiger partial charge < -0.3 is 10.3 Å². The molecule has 0 saturated carbocycles. The van der Waals surface area contributed by atoms with E-state index in [0.29, 0.717) is 12.1 Å². The van der Waals surface area contributed by atoms with Crippen molar-refractivity contribution >= 4 is 0 Å². The Balaban J connectivity index is 3.49. The number of rotatable bonds is 1. The maximum Gasteiger partial charge on any atom is 0.255 e. The zero-order chi connectivity index (χ0) is 10.9. The van der Waals surface area contributed by atoms with Gasteiger partial charge in [0, 0.05) is 23.3 Å². The summed E-state index contributed by atoms with van der Waals surface area (Å²) in [6.07, 6.45) is 0. The minimum atomic E-state index is -0.188. The van der Waals surface area contributed by atoms with Gasteiger partial charge in [0.15, 0.2) is 0 Å². The summed E-state index contributed by atoms with van der Waals surface area (Å²) in [6.45, 7) is 8.28. The zero-order valence-electron chi connectivity index (χ0n) is 9.29. The molecule has 0 aliphatic rings. The molecule has 0 spiro atoms. The van der Waals surface area contributed by atoms with Crippen LogP contribution in [-0.4, -0.2) is 4.57 Å². The number of nitrogens with two attached hydrogens (primary N) is 1. The molecule has 78 valence electrons. The molecular weight excluding hydrogens is 176 g/mol. The second kappa shape index (κ2) is 3.58. The van der Waals surface area contributed by atoms with Gasteiger partial charge in [0.05, 0.1) is 0 Å². The van der Waals surface area contributed by atoms with Gasteiger partial charge in [-0.1, -0.05) is 6.07 Å².